The number of hydrogen-bond acceptors (Lipinski definition) is 6. The second-order valence-electron chi connectivity index (χ2n) is 2.91. The molecule has 1 N–H and O–H groups in total. The van der Waals surface area contributed by atoms with Crippen molar-refractivity contribution in [2.24, 2.45) is 0 Å². The van der Waals surface area contributed by atoms with E-state index < -0.39 is 31.6 Å². The molecule has 0 heterocycles. The molecule has 0 radical (unpaired) electrons. The van der Waals surface area contributed by atoms with Crippen molar-refractivity contribution in [3.05, 3.63) is 33.9 Å². The van der Waals surface area contributed by atoms with Crippen molar-refractivity contribution in [2.45, 2.75) is 4.90 Å². The van der Waals surface area contributed by atoms with E-state index in [0.29, 0.717) is 0 Å². The number of benzene rings is 1. The predicted octanol–water partition coefficient (Wildman–Crippen LogP) is 0.628. The van der Waals surface area contributed by atoms with Crippen molar-refractivity contribution in [1.82, 2.24) is 0 Å². The Morgan fingerprint density at radius 3 is 2.47 bits per heavy atom. The van der Waals surface area contributed by atoms with E-state index in [9.17, 15) is 23.3 Å². The summed E-state index contributed by atoms with van der Waals surface area (Å²) in [4.78, 5) is 19.8. The van der Waals surface area contributed by atoms with Crippen LogP contribution in [0.25, 0.3) is 0 Å². The van der Waals surface area contributed by atoms with Crippen molar-refractivity contribution in [3.63, 3.8) is 0 Å². The Morgan fingerprint density at radius 1 is 1.47 bits per heavy atom. The molecule has 0 saturated heterocycles. The third-order valence-electron chi connectivity index (χ3n) is 1.85. The molecule has 8 nitrogen and oxygen atoms in total. The van der Waals surface area contributed by atoms with Gasteiger partial charge in [0, 0.05) is 6.07 Å². The number of rotatable bonds is 3. The average molecular weight is 261 g/mol. The predicted molar refractivity (Wildman–Crippen MR) is 54.3 cm³/mol. The number of carbonyl (C=O) groups is 1. The van der Waals surface area contributed by atoms with Crippen LogP contribution in [0.15, 0.2) is 23.1 Å². The van der Waals surface area contributed by atoms with Crippen LogP contribution in [0.4, 0.5) is 5.69 Å². The summed E-state index contributed by atoms with van der Waals surface area (Å²) in [5.74, 6) is -0.852. The van der Waals surface area contributed by atoms with Crippen LogP contribution in [0.3, 0.4) is 0 Å². The maximum atomic E-state index is 11.1. The third kappa shape index (κ3) is 2.77. The lowest BCUT2D eigenvalue weighted by Crippen LogP contribution is -2.07. The van der Waals surface area contributed by atoms with E-state index in [1.54, 1.807) is 0 Å². The van der Waals surface area contributed by atoms with Crippen LogP contribution in [0, 0.1) is 10.1 Å². The number of ether oxygens (including phenoxy) is 1. The van der Waals surface area contributed by atoms with Crippen molar-refractivity contribution >= 4 is 21.8 Å². The molecule has 92 valence electrons. The Morgan fingerprint density at radius 2 is 2.06 bits per heavy atom. The lowest BCUT2D eigenvalue weighted by atomic mass is 10.2. The van der Waals surface area contributed by atoms with E-state index in [1.807, 2.05) is 0 Å². The SMILES string of the molecule is COC(=O)c1ccc(S(=O)(=O)O)c([N+](=O)[O-])c1. The zero-order valence-electron chi connectivity index (χ0n) is 8.48. The number of methoxy groups -OCH3 is 1. The highest BCUT2D eigenvalue weighted by Crippen LogP contribution is 2.24. The van der Waals surface area contributed by atoms with Gasteiger partial charge in [-0.2, -0.15) is 8.42 Å². The molecule has 0 bridgehead atoms. The highest BCUT2D eigenvalue weighted by molar-refractivity contribution is 7.86. The summed E-state index contributed by atoms with van der Waals surface area (Å²) < 4.78 is 34.8. The average Bonchev–Trinajstić information content (AvgIpc) is 2.25. The number of nitro benzene ring substituents is 1. The van der Waals surface area contributed by atoms with Gasteiger partial charge in [-0.15, -0.1) is 0 Å². The van der Waals surface area contributed by atoms with Crippen LogP contribution >= 0.6 is 0 Å². The molecular weight excluding hydrogens is 254 g/mol. The number of hydrogen-bond donors (Lipinski definition) is 1. The fourth-order valence-corrected chi connectivity index (χ4v) is 1.76. The Kier molecular flexibility index (Phi) is 3.44. The lowest BCUT2D eigenvalue weighted by Gasteiger charge is -2.02. The molecule has 0 aliphatic carbocycles. The summed E-state index contributed by atoms with van der Waals surface area (Å²) in [5.41, 5.74) is -1.08. The summed E-state index contributed by atoms with van der Waals surface area (Å²) in [5, 5.41) is 10.6. The van der Waals surface area contributed by atoms with Gasteiger partial charge in [0.05, 0.1) is 17.6 Å². The number of nitrogens with zero attached hydrogens (tertiary/aromatic N) is 1. The lowest BCUT2D eigenvalue weighted by molar-refractivity contribution is -0.387. The molecule has 0 saturated carbocycles. The molecular formula is C8H7NO7S. The summed E-state index contributed by atoms with van der Waals surface area (Å²) in [6.45, 7) is 0. The molecule has 17 heavy (non-hydrogen) atoms. The van der Waals surface area contributed by atoms with Gasteiger partial charge in [-0.25, -0.2) is 4.79 Å². The normalized spacial score (nSPS) is 10.9. The summed E-state index contributed by atoms with van der Waals surface area (Å²) >= 11 is 0. The number of carbonyl (C=O) groups excluding carboxylic acids is 1. The Labute approximate surface area is 95.7 Å². The van der Waals surface area contributed by atoms with Crippen LogP contribution in [0.2, 0.25) is 0 Å². The minimum Gasteiger partial charge on any atom is -0.465 e. The van der Waals surface area contributed by atoms with E-state index in [1.165, 1.54) is 0 Å². The van der Waals surface area contributed by atoms with E-state index in [4.69, 9.17) is 4.55 Å². The fourth-order valence-electron chi connectivity index (χ4n) is 1.12. The maximum absolute atomic E-state index is 11.1. The molecule has 0 amide bonds. The summed E-state index contributed by atoms with van der Waals surface area (Å²) in [6.07, 6.45) is 0. The Bertz CT molecular complexity index is 578. The van der Waals surface area contributed by atoms with Gasteiger partial charge in [0.25, 0.3) is 5.69 Å². The highest BCUT2D eigenvalue weighted by atomic mass is 32.2. The fraction of sp³-hybridized carbons (Fsp3) is 0.125. The molecule has 0 aliphatic heterocycles. The van der Waals surface area contributed by atoms with E-state index in [-0.39, 0.29) is 5.56 Å². The molecule has 0 aromatic heterocycles. The van der Waals surface area contributed by atoms with Gasteiger partial charge >= 0.3 is 16.1 Å². The van der Waals surface area contributed by atoms with Crippen LogP contribution < -0.4 is 0 Å². The van der Waals surface area contributed by atoms with Gasteiger partial charge in [0.2, 0.25) is 0 Å². The van der Waals surface area contributed by atoms with Crippen molar-refractivity contribution in [1.29, 1.82) is 0 Å². The highest BCUT2D eigenvalue weighted by Gasteiger charge is 2.25. The van der Waals surface area contributed by atoms with Crippen LogP contribution in [-0.2, 0) is 14.9 Å². The molecule has 0 fully saturated rings. The molecule has 0 spiro atoms. The molecule has 1 aromatic carbocycles. The molecule has 0 aliphatic rings. The maximum Gasteiger partial charge on any atom is 0.338 e. The first-order valence-corrected chi connectivity index (χ1v) is 5.55. The second-order valence-corrected chi connectivity index (χ2v) is 4.30. The first-order chi connectivity index (χ1) is 7.77. The zero-order chi connectivity index (χ0) is 13.2. The van der Waals surface area contributed by atoms with E-state index >= 15 is 0 Å². The third-order valence-corrected chi connectivity index (χ3v) is 2.76. The Balaban J connectivity index is 3.48. The standard InChI is InChI=1S/C8H7NO7S/c1-16-8(10)5-2-3-7(17(13,14)15)6(4-5)9(11)12/h2-4H,1H3,(H,13,14,15). The number of nitro groups is 1. The monoisotopic (exact) mass is 261 g/mol. The van der Waals surface area contributed by atoms with Gasteiger partial charge in [-0.1, -0.05) is 0 Å². The first-order valence-electron chi connectivity index (χ1n) is 4.11. The van der Waals surface area contributed by atoms with Crippen LogP contribution in [0.5, 0.6) is 0 Å². The summed E-state index contributed by atoms with van der Waals surface area (Å²) in [7, 11) is -3.65. The minimum atomic E-state index is -4.72. The molecule has 1 rings (SSSR count). The molecule has 9 heteroatoms. The zero-order valence-corrected chi connectivity index (χ0v) is 9.30. The largest absolute Gasteiger partial charge is 0.465 e. The van der Waals surface area contributed by atoms with E-state index in [0.717, 1.165) is 25.3 Å². The smallest absolute Gasteiger partial charge is 0.338 e. The van der Waals surface area contributed by atoms with Crippen molar-refractivity contribution < 1.29 is 27.4 Å². The van der Waals surface area contributed by atoms with Gasteiger partial charge in [-0.05, 0) is 12.1 Å². The minimum absolute atomic E-state index is 0.188. The first kappa shape index (κ1) is 13.1. The summed E-state index contributed by atoms with van der Waals surface area (Å²) in [6, 6.07) is 2.48. The number of esters is 1. The second kappa shape index (κ2) is 4.47. The topological polar surface area (TPSA) is 124 Å². The van der Waals surface area contributed by atoms with Crippen LogP contribution in [0.1, 0.15) is 10.4 Å². The Hall–Kier alpha value is -2.00. The van der Waals surface area contributed by atoms with Gasteiger partial charge < -0.3 is 4.74 Å². The van der Waals surface area contributed by atoms with E-state index in [2.05, 4.69) is 4.74 Å². The van der Waals surface area contributed by atoms with Gasteiger partial charge in [-0.3, -0.25) is 14.7 Å². The molecule has 0 atom stereocenters. The van der Waals surface area contributed by atoms with Crippen LogP contribution in [-0.4, -0.2) is 31.0 Å². The molecule has 0 unspecified atom stereocenters. The van der Waals surface area contributed by atoms with Crippen molar-refractivity contribution in [2.75, 3.05) is 7.11 Å². The molecule has 1 aromatic rings. The van der Waals surface area contributed by atoms with Gasteiger partial charge in [0.15, 0.2) is 4.90 Å². The van der Waals surface area contributed by atoms with Gasteiger partial charge in [0.1, 0.15) is 0 Å². The van der Waals surface area contributed by atoms with Crippen molar-refractivity contribution in [3.8, 4) is 0 Å². The quantitative estimate of drug-likeness (QED) is 0.366.